The summed E-state index contributed by atoms with van der Waals surface area (Å²) < 4.78 is 10.6. The van der Waals surface area contributed by atoms with Crippen LogP contribution in [0.15, 0.2) is 564 Å². The molecule has 0 saturated heterocycles. The van der Waals surface area contributed by atoms with Gasteiger partial charge in [-0.2, -0.15) is 0 Å². The molecule has 3 aliphatic heterocycles. The zero-order valence-electron chi connectivity index (χ0n) is 76.9. The maximum atomic E-state index is 2.50. The van der Waals surface area contributed by atoms with Crippen LogP contribution in [0.2, 0.25) is 0 Å². The minimum Gasteiger partial charge on any atom is -0.311 e. The van der Waals surface area contributed by atoms with Crippen molar-refractivity contribution in [1.29, 1.82) is 0 Å². The Kier molecular flexibility index (Phi) is 20.8. The molecule has 0 aliphatic carbocycles. The molecule has 0 bridgehead atoms. The summed E-state index contributed by atoms with van der Waals surface area (Å²) in [6.45, 7) is 0. The summed E-state index contributed by atoms with van der Waals surface area (Å²) in [6.07, 6.45) is 0. The summed E-state index contributed by atoms with van der Waals surface area (Å²) in [6, 6.07) is 209. The number of nitrogens with zero attached hydrogens (tertiary/aromatic N) is 5. The third-order valence-corrected chi connectivity index (χ3v) is 49.5. The number of aromatic nitrogens is 2. The summed E-state index contributed by atoms with van der Waals surface area (Å²) in [5, 5.41) is 24.1. The summed E-state index contributed by atoms with van der Waals surface area (Å²) in [5.41, 5.74) is 20.6. The Hall–Kier alpha value is -17.2. The summed E-state index contributed by atoms with van der Waals surface area (Å²) in [4.78, 5) is 7.48. The van der Waals surface area contributed by atoms with Crippen molar-refractivity contribution in [2.24, 2.45) is 0 Å². The van der Waals surface area contributed by atoms with Crippen LogP contribution in [0.1, 0.15) is 0 Å². The van der Waals surface area contributed by atoms with Crippen molar-refractivity contribution in [2.75, 3.05) is 14.7 Å². The summed E-state index contributed by atoms with van der Waals surface area (Å²) in [5.74, 6) is 0. The predicted molar refractivity (Wildman–Crippen MR) is 602 cm³/mol. The number of para-hydroxylation sites is 10. The average molecular weight is 1880 g/mol. The molecule has 658 valence electrons. The van der Waals surface area contributed by atoms with E-state index in [1.54, 1.807) is 0 Å². The number of benzene rings is 23. The van der Waals surface area contributed by atoms with Crippen molar-refractivity contribution in [3.8, 4) is 22.5 Å². The standard InChI is InChI=1S/C48H33NSi.C42H30GeN2.C42H30N2Si/c1-3-18-37(19-4-1)50(38-20-5-2-6-21-38)47-28-13-11-26-45(47)49(46-27-12-14-29-48(46)50)36-17-15-16-34(32-36)35-30-31-43-41-24-8-7-22-39(41)40-23-9-10-25-42(40)44(43)33-35;1-3-16-31(17-4-1)43(32-18-5-2-6-19-32)37-24-9-13-28-41(37)45(42-29-14-10-25-38(42)43)34-21-15-20-33(30-34)44-39-26-11-7-22-35(39)36-23-8-12-27-40(36)44;1-3-18-33(19-4-1)45(34-20-5-2-6-21-34)41-28-13-11-26-39(41)44(40-27-12-14-29-42(40)45)32-17-15-16-31(30-32)43-37-24-9-7-22-35(37)36-23-8-10-25-38(36)43/h1-33H;2*1-30H. The van der Waals surface area contributed by atoms with Crippen LogP contribution in [0.5, 0.6) is 0 Å². The van der Waals surface area contributed by atoms with E-state index < -0.39 is 29.4 Å². The fourth-order valence-corrected chi connectivity index (χ4v) is 44.8. The van der Waals surface area contributed by atoms with E-state index in [1.807, 2.05) is 0 Å². The molecule has 25 aromatic rings. The van der Waals surface area contributed by atoms with Crippen LogP contribution >= 0.6 is 0 Å². The molecule has 5 nitrogen and oxygen atoms in total. The molecule has 23 aromatic carbocycles. The van der Waals surface area contributed by atoms with E-state index in [1.165, 1.54) is 180 Å². The van der Waals surface area contributed by atoms with Crippen molar-refractivity contribution in [1.82, 2.24) is 9.13 Å². The first-order valence-electron chi connectivity index (χ1n) is 48.4. The number of hydrogen-bond acceptors (Lipinski definition) is 3. The molecule has 3 aliphatic rings. The van der Waals surface area contributed by atoms with E-state index in [4.69, 9.17) is 0 Å². The largest absolute Gasteiger partial charge is 0.311 e. The maximum Gasteiger partial charge on any atom is 0.184 e. The Morgan fingerprint density at radius 3 is 0.743 bits per heavy atom. The predicted octanol–water partition coefficient (Wildman–Crippen LogP) is 25.9. The fraction of sp³-hybridized carbons (Fsp3) is 0. The Bertz CT molecular complexity index is 8320. The molecule has 0 saturated carbocycles. The minimum atomic E-state index is -3.39. The SMILES string of the molecule is c1cc[c]([Ge]2([c]3ccccc3)[c]3ccccc3N(c3cccc(-n4c5ccccc5c5ccccc54)c3)c3cccc[c]32)cc1.c1ccc([Si]2(c3ccccc3)c3ccccc3N(c3cccc(-c4ccc5c6ccccc6c6ccccc6c5c4)c3)c3ccccc32)cc1.c1ccc([Si]2(c3ccccc3)c3ccccc3N(c3cccc(-n4c5ccccc5c5ccccc54)c3)c3ccccc32)cc1. The van der Waals surface area contributed by atoms with Crippen LogP contribution in [0, 0.1) is 0 Å². The molecule has 0 fully saturated rings. The Morgan fingerprint density at radius 1 is 0.150 bits per heavy atom. The third kappa shape index (κ3) is 13.2. The second-order valence-electron chi connectivity index (χ2n) is 36.7. The zero-order chi connectivity index (χ0) is 92.7. The number of anilines is 9. The monoisotopic (exact) mass is 1880 g/mol. The fourth-order valence-electron chi connectivity index (χ4n) is 23.9. The van der Waals surface area contributed by atoms with Crippen molar-refractivity contribution in [2.45, 2.75) is 0 Å². The molecule has 0 radical (unpaired) electrons. The van der Waals surface area contributed by atoms with E-state index in [2.05, 4.69) is 588 Å². The topological polar surface area (TPSA) is 19.6 Å². The van der Waals surface area contributed by atoms with Gasteiger partial charge in [0, 0.05) is 50.6 Å². The molecule has 0 N–H and O–H groups in total. The number of fused-ring (bicyclic) bond motifs is 18. The molecular weight excluding hydrogens is 1780 g/mol. The van der Waals surface area contributed by atoms with Gasteiger partial charge >= 0.3 is 267 Å². The molecule has 140 heavy (non-hydrogen) atoms. The van der Waals surface area contributed by atoms with Gasteiger partial charge in [-0.1, -0.05) is 309 Å². The van der Waals surface area contributed by atoms with Gasteiger partial charge in [-0.25, -0.2) is 0 Å². The van der Waals surface area contributed by atoms with Crippen molar-refractivity contribution < 1.29 is 0 Å². The van der Waals surface area contributed by atoms with Crippen LogP contribution < -0.4 is 73.8 Å². The Morgan fingerprint density at radius 2 is 0.393 bits per heavy atom. The van der Waals surface area contributed by atoms with Gasteiger partial charge in [0.15, 0.2) is 16.1 Å². The average Bonchev–Trinajstić information content (AvgIpc) is 0.717. The number of rotatable bonds is 12. The van der Waals surface area contributed by atoms with Gasteiger partial charge in [-0.05, 0) is 158 Å². The molecule has 2 aromatic heterocycles. The molecule has 0 atom stereocenters. The second-order valence-corrected chi connectivity index (χ2v) is 52.0. The van der Waals surface area contributed by atoms with E-state index in [0.29, 0.717) is 0 Å². The van der Waals surface area contributed by atoms with Gasteiger partial charge in [0.2, 0.25) is 0 Å². The Labute approximate surface area is 819 Å². The number of hydrogen-bond donors (Lipinski definition) is 0. The first kappa shape index (κ1) is 83.4. The van der Waals surface area contributed by atoms with Gasteiger partial charge in [0.05, 0.1) is 11.0 Å². The normalized spacial score (nSPS) is 13.4. The molecule has 5 heterocycles. The van der Waals surface area contributed by atoms with Gasteiger partial charge in [-0.15, -0.1) is 0 Å². The van der Waals surface area contributed by atoms with Gasteiger partial charge < -0.3 is 14.4 Å². The van der Waals surface area contributed by atoms with Crippen LogP contribution in [0.3, 0.4) is 0 Å². The second kappa shape index (κ2) is 34.9. The molecule has 0 unspecified atom stereocenters. The molecule has 0 spiro atoms. The third-order valence-electron chi connectivity index (χ3n) is 29.6. The summed E-state index contributed by atoms with van der Waals surface area (Å²) >= 11 is -3.39. The van der Waals surface area contributed by atoms with Crippen molar-refractivity contribution >= 4 is 216 Å². The van der Waals surface area contributed by atoms with E-state index >= 15 is 0 Å². The first-order valence-corrected chi connectivity index (χ1v) is 56.6. The maximum absolute atomic E-state index is 3.39. The van der Waals surface area contributed by atoms with Gasteiger partial charge in [0.1, 0.15) is 0 Å². The molecule has 28 rings (SSSR count). The molecule has 8 heteroatoms. The quantitative estimate of drug-likeness (QED) is 0.0898. The van der Waals surface area contributed by atoms with Crippen LogP contribution in [-0.4, -0.2) is 38.5 Å². The van der Waals surface area contributed by atoms with Crippen LogP contribution in [0.4, 0.5) is 51.2 Å². The van der Waals surface area contributed by atoms with E-state index in [-0.39, 0.29) is 0 Å². The summed E-state index contributed by atoms with van der Waals surface area (Å²) in [7, 11) is -5.29. The van der Waals surface area contributed by atoms with Crippen molar-refractivity contribution in [3.05, 3.63) is 564 Å². The molecular formula is C132H93GeN5Si2. The van der Waals surface area contributed by atoms with Gasteiger partial charge in [-0.3, -0.25) is 0 Å². The van der Waals surface area contributed by atoms with E-state index in [0.717, 1.165) is 28.4 Å². The smallest absolute Gasteiger partial charge is 0.184 e. The van der Waals surface area contributed by atoms with Gasteiger partial charge in [0.25, 0.3) is 0 Å². The van der Waals surface area contributed by atoms with Crippen molar-refractivity contribution in [3.63, 3.8) is 0 Å². The minimum absolute atomic E-state index is 1.15. The van der Waals surface area contributed by atoms with Crippen LogP contribution in [-0.2, 0) is 0 Å². The molecule has 0 amide bonds. The van der Waals surface area contributed by atoms with E-state index in [9.17, 15) is 0 Å². The Balaban J connectivity index is 0.000000108. The van der Waals surface area contributed by atoms with Crippen LogP contribution in [0.25, 0.3) is 98.4 Å². The zero-order valence-corrected chi connectivity index (χ0v) is 81.0. The first-order chi connectivity index (χ1) is 69.5.